The third-order valence-electron chi connectivity index (χ3n) is 6.69. The van der Waals surface area contributed by atoms with Crippen LogP contribution in [0.5, 0.6) is 0 Å². The van der Waals surface area contributed by atoms with E-state index in [1.165, 1.54) is 12.1 Å². The van der Waals surface area contributed by atoms with E-state index in [1.54, 1.807) is 31.9 Å². The van der Waals surface area contributed by atoms with Gasteiger partial charge in [-0.3, -0.25) is 4.79 Å². The van der Waals surface area contributed by atoms with Crippen LogP contribution in [-0.4, -0.2) is 62.6 Å². The van der Waals surface area contributed by atoms with Gasteiger partial charge in [-0.05, 0) is 39.8 Å². The number of pyridine rings is 1. The number of benzene rings is 1. The number of alkyl halides is 2. The van der Waals surface area contributed by atoms with Gasteiger partial charge in [0.1, 0.15) is 23.1 Å². The van der Waals surface area contributed by atoms with Gasteiger partial charge in [0.15, 0.2) is 5.65 Å². The van der Waals surface area contributed by atoms with Gasteiger partial charge >= 0.3 is 5.92 Å². The number of piperazine rings is 1. The first-order valence-electron chi connectivity index (χ1n) is 12.1. The molecule has 198 valence electrons. The molecule has 3 aromatic rings. The predicted molar refractivity (Wildman–Crippen MR) is 135 cm³/mol. The van der Waals surface area contributed by atoms with E-state index in [0.717, 1.165) is 25.6 Å². The standard InChI is InChI=1S/C26H31F3N6O2/c1-15(19-7-6-8-21(22(19)27)26(28,29)25(4,5)37)31-24-20-13-18(14-30-23(20)32-16(2)33-24)35-11-9-34(10-12-35)17(3)36/h6-8,13-15,37H,9-12H2,1-5H3,(H,30,31,32,33)/t15-/m1/s1. The quantitative estimate of drug-likeness (QED) is 0.508. The third kappa shape index (κ3) is 5.18. The van der Waals surface area contributed by atoms with Crippen molar-refractivity contribution in [3.8, 4) is 0 Å². The van der Waals surface area contributed by atoms with Crippen LogP contribution in [0.15, 0.2) is 30.5 Å². The Morgan fingerprint density at radius 2 is 1.84 bits per heavy atom. The van der Waals surface area contributed by atoms with Crippen molar-refractivity contribution in [3.05, 3.63) is 53.2 Å². The van der Waals surface area contributed by atoms with Crippen LogP contribution in [0, 0.1) is 12.7 Å². The Hall–Kier alpha value is -3.47. The van der Waals surface area contributed by atoms with Crippen LogP contribution in [-0.2, 0) is 10.7 Å². The predicted octanol–water partition coefficient (Wildman–Crippen LogP) is 4.18. The number of hydrogen-bond acceptors (Lipinski definition) is 7. The average molecular weight is 517 g/mol. The van der Waals surface area contributed by atoms with Gasteiger partial charge in [0.2, 0.25) is 5.91 Å². The molecule has 1 fully saturated rings. The number of aryl methyl sites for hydroxylation is 1. The van der Waals surface area contributed by atoms with E-state index in [2.05, 4.69) is 25.2 Å². The number of anilines is 2. The summed E-state index contributed by atoms with van der Waals surface area (Å²) in [5.41, 5.74) is -2.03. The van der Waals surface area contributed by atoms with Gasteiger partial charge in [0.05, 0.1) is 28.9 Å². The Morgan fingerprint density at radius 3 is 2.46 bits per heavy atom. The van der Waals surface area contributed by atoms with E-state index >= 15 is 4.39 Å². The Labute approximate surface area is 213 Å². The first-order chi connectivity index (χ1) is 17.3. The molecule has 2 N–H and O–H groups in total. The van der Waals surface area contributed by atoms with Crippen LogP contribution in [0.4, 0.5) is 24.7 Å². The third-order valence-corrected chi connectivity index (χ3v) is 6.69. The fourth-order valence-electron chi connectivity index (χ4n) is 4.41. The maximum absolute atomic E-state index is 15.3. The molecule has 3 heterocycles. The van der Waals surface area contributed by atoms with Gasteiger partial charge in [0, 0.05) is 38.7 Å². The van der Waals surface area contributed by atoms with Gasteiger partial charge in [-0.25, -0.2) is 19.3 Å². The van der Waals surface area contributed by atoms with Crippen molar-refractivity contribution in [2.45, 2.75) is 52.2 Å². The highest BCUT2D eigenvalue weighted by Crippen LogP contribution is 2.41. The van der Waals surface area contributed by atoms with E-state index < -0.39 is 28.9 Å². The number of hydrogen-bond donors (Lipinski definition) is 2. The highest BCUT2D eigenvalue weighted by Gasteiger charge is 2.49. The Bertz CT molecular complexity index is 1320. The largest absolute Gasteiger partial charge is 0.384 e. The smallest absolute Gasteiger partial charge is 0.303 e. The Morgan fingerprint density at radius 1 is 1.16 bits per heavy atom. The molecule has 1 aliphatic heterocycles. The summed E-state index contributed by atoms with van der Waals surface area (Å²) < 4.78 is 44.9. The molecular weight excluding hydrogens is 485 g/mol. The highest BCUT2D eigenvalue weighted by molar-refractivity contribution is 5.89. The molecule has 8 nitrogen and oxygen atoms in total. The van der Waals surface area contributed by atoms with Gasteiger partial charge in [-0.2, -0.15) is 8.78 Å². The summed E-state index contributed by atoms with van der Waals surface area (Å²) in [5, 5.41) is 13.7. The van der Waals surface area contributed by atoms with Crippen molar-refractivity contribution in [2.24, 2.45) is 0 Å². The lowest BCUT2D eigenvalue weighted by molar-refractivity contribution is -0.170. The average Bonchev–Trinajstić information content (AvgIpc) is 2.83. The molecule has 1 aromatic carbocycles. The molecule has 0 saturated carbocycles. The first kappa shape index (κ1) is 26.6. The lowest BCUT2D eigenvalue weighted by Crippen LogP contribution is -2.48. The number of carbonyl (C=O) groups is 1. The van der Waals surface area contributed by atoms with Gasteiger partial charge < -0.3 is 20.2 Å². The van der Waals surface area contributed by atoms with Crippen LogP contribution >= 0.6 is 0 Å². The number of carbonyl (C=O) groups excluding carboxylic acids is 1. The number of rotatable bonds is 6. The molecule has 1 amide bonds. The lowest BCUT2D eigenvalue weighted by Gasteiger charge is -2.35. The second-order valence-corrected chi connectivity index (χ2v) is 9.89. The van der Waals surface area contributed by atoms with E-state index in [0.29, 0.717) is 48.9 Å². The van der Waals surface area contributed by atoms with Crippen molar-refractivity contribution < 1.29 is 23.1 Å². The van der Waals surface area contributed by atoms with Crippen LogP contribution < -0.4 is 10.2 Å². The zero-order valence-electron chi connectivity index (χ0n) is 21.5. The number of fused-ring (bicyclic) bond motifs is 1. The number of nitrogens with zero attached hydrogens (tertiary/aromatic N) is 5. The summed E-state index contributed by atoms with van der Waals surface area (Å²) in [4.78, 5) is 28.9. The minimum Gasteiger partial charge on any atom is -0.384 e. The summed E-state index contributed by atoms with van der Waals surface area (Å²) in [6.07, 6.45) is 1.72. The first-order valence-corrected chi connectivity index (χ1v) is 12.1. The van der Waals surface area contributed by atoms with E-state index in [1.807, 2.05) is 6.07 Å². The lowest BCUT2D eigenvalue weighted by atomic mass is 9.91. The number of amides is 1. The summed E-state index contributed by atoms with van der Waals surface area (Å²) in [6.45, 7) is 9.29. The van der Waals surface area contributed by atoms with Gasteiger partial charge in [-0.15, -0.1) is 0 Å². The second-order valence-electron chi connectivity index (χ2n) is 9.89. The van der Waals surface area contributed by atoms with E-state index in [4.69, 9.17) is 0 Å². The molecule has 0 radical (unpaired) electrons. The molecule has 37 heavy (non-hydrogen) atoms. The van der Waals surface area contributed by atoms with Crippen molar-refractivity contribution in [1.29, 1.82) is 0 Å². The van der Waals surface area contributed by atoms with Crippen molar-refractivity contribution >= 4 is 28.4 Å². The molecule has 1 aliphatic rings. The van der Waals surface area contributed by atoms with Crippen molar-refractivity contribution in [2.75, 3.05) is 36.4 Å². The molecule has 0 unspecified atom stereocenters. The molecule has 0 spiro atoms. The number of nitrogens with one attached hydrogen (secondary N) is 1. The number of aromatic nitrogens is 3. The molecule has 0 aliphatic carbocycles. The maximum Gasteiger partial charge on any atom is 0.303 e. The van der Waals surface area contributed by atoms with Crippen molar-refractivity contribution in [3.63, 3.8) is 0 Å². The fraction of sp³-hybridized carbons (Fsp3) is 0.462. The number of halogens is 3. The molecular formula is C26H31F3N6O2. The molecule has 0 bridgehead atoms. The van der Waals surface area contributed by atoms with E-state index in [9.17, 15) is 18.7 Å². The minimum atomic E-state index is -3.80. The zero-order valence-corrected chi connectivity index (χ0v) is 21.5. The summed E-state index contributed by atoms with van der Waals surface area (Å²) in [5.74, 6) is -4.01. The molecule has 1 saturated heterocycles. The van der Waals surface area contributed by atoms with Crippen molar-refractivity contribution in [1.82, 2.24) is 19.9 Å². The molecule has 2 aromatic heterocycles. The summed E-state index contributed by atoms with van der Waals surface area (Å²) in [7, 11) is 0. The van der Waals surface area contributed by atoms with E-state index in [-0.39, 0.29) is 11.5 Å². The minimum absolute atomic E-state index is 0.00955. The Kier molecular flexibility index (Phi) is 7.02. The summed E-state index contributed by atoms with van der Waals surface area (Å²) in [6, 6.07) is 4.89. The van der Waals surface area contributed by atoms with Crippen LogP contribution in [0.3, 0.4) is 0 Å². The molecule has 11 heteroatoms. The Balaban J connectivity index is 1.66. The van der Waals surface area contributed by atoms with Crippen LogP contribution in [0.25, 0.3) is 11.0 Å². The van der Waals surface area contributed by atoms with Crippen LogP contribution in [0.2, 0.25) is 0 Å². The normalized spacial score (nSPS) is 15.7. The number of aliphatic hydroxyl groups is 1. The highest BCUT2D eigenvalue weighted by atomic mass is 19.3. The maximum atomic E-state index is 15.3. The SMILES string of the molecule is CC(=O)N1CCN(c2cnc3nc(C)nc(N[C@H](C)c4cccc(C(F)(F)C(C)(C)O)c4F)c3c2)CC1. The van der Waals surface area contributed by atoms with Gasteiger partial charge in [-0.1, -0.05) is 12.1 Å². The summed E-state index contributed by atoms with van der Waals surface area (Å²) >= 11 is 0. The second kappa shape index (κ2) is 9.77. The zero-order chi connectivity index (χ0) is 27.1. The molecule has 1 atom stereocenters. The fourth-order valence-corrected chi connectivity index (χ4v) is 4.41. The van der Waals surface area contributed by atoms with Gasteiger partial charge in [0.25, 0.3) is 0 Å². The topological polar surface area (TPSA) is 94.5 Å². The monoisotopic (exact) mass is 516 g/mol. The molecule has 4 rings (SSSR count). The van der Waals surface area contributed by atoms with Crippen LogP contribution in [0.1, 0.15) is 50.7 Å².